The van der Waals surface area contributed by atoms with Crippen LogP contribution in [0.5, 0.6) is 5.88 Å². The first-order chi connectivity index (χ1) is 15.9. The second kappa shape index (κ2) is 9.93. The predicted molar refractivity (Wildman–Crippen MR) is 131 cm³/mol. The number of rotatable bonds is 9. The van der Waals surface area contributed by atoms with Crippen molar-refractivity contribution < 1.29 is 14.3 Å². The number of nitrogens with zero attached hydrogens (tertiary/aromatic N) is 3. The first-order valence-electron chi connectivity index (χ1n) is 11.1. The molecule has 3 N–H and O–H groups in total. The molecule has 1 atom stereocenters. The lowest BCUT2D eigenvalue weighted by atomic mass is 9.88. The number of carbonyl (C=O) groups is 1. The maximum absolute atomic E-state index is 11.9. The molecule has 174 valence electrons. The fraction of sp³-hybridized carbons (Fsp3) is 0.417. The van der Waals surface area contributed by atoms with E-state index in [-0.39, 0.29) is 5.97 Å². The number of aromatic nitrogens is 3. The van der Waals surface area contributed by atoms with Crippen LogP contribution in [-0.2, 0) is 16.7 Å². The molecule has 0 unspecified atom stereocenters. The fourth-order valence-corrected chi connectivity index (χ4v) is 4.12. The lowest BCUT2D eigenvalue weighted by Crippen LogP contribution is -2.32. The molecule has 33 heavy (non-hydrogen) atoms. The Morgan fingerprint density at radius 1 is 1.24 bits per heavy atom. The molecule has 0 amide bonds. The highest BCUT2D eigenvalue weighted by molar-refractivity contribution is 7.98. The molecule has 3 aromatic heterocycles. The quantitative estimate of drug-likeness (QED) is 0.353. The van der Waals surface area contributed by atoms with Gasteiger partial charge < -0.3 is 20.5 Å². The monoisotopic (exact) mass is 467 g/mol. The van der Waals surface area contributed by atoms with Gasteiger partial charge in [-0.05, 0) is 60.9 Å². The van der Waals surface area contributed by atoms with Crippen molar-refractivity contribution in [3.05, 3.63) is 47.4 Å². The van der Waals surface area contributed by atoms with Gasteiger partial charge in [-0.15, -0.1) is 0 Å². The average Bonchev–Trinajstić information content (AvgIpc) is 2.81. The van der Waals surface area contributed by atoms with Gasteiger partial charge in [0.25, 0.3) is 0 Å². The Bertz CT molecular complexity index is 1170. The fourth-order valence-electron chi connectivity index (χ4n) is 3.71. The number of carbonyl (C=O) groups excluding carboxylic acids is 1. The molecule has 0 aliphatic carbocycles. The number of hydrogen-bond acceptors (Lipinski definition) is 9. The van der Waals surface area contributed by atoms with Crippen LogP contribution in [0.1, 0.15) is 48.3 Å². The SMILES string of the molecule is CC[C@@](C)(N)c1cnc(OCCCSC)c2cnc(Nc3ccc4c(n3)CCOC4=O)cc12. The summed E-state index contributed by atoms with van der Waals surface area (Å²) >= 11 is 1.79. The highest BCUT2D eigenvalue weighted by atomic mass is 32.2. The largest absolute Gasteiger partial charge is 0.477 e. The predicted octanol–water partition coefficient (Wildman–Crippen LogP) is 4.20. The van der Waals surface area contributed by atoms with Crippen LogP contribution >= 0.6 is 11.8 Å². The first-order valence-corrected chi connectivity index (χ1v) is 12.5. The Kier molecular flexibility index (Phi) is 6.99. The van der Waals surface area contributed by atoms with Crippen molar-refractivity contribution in [1.29, 1.82) is 0 Å². The minimum absolute atomic E-state index is 0.330. The van der Waals surface area contributed by atoms with E-state index in [2.05, 4.69) is 33.4 Å². The van der Waals surface area contributed by atoms with Crippen molar-refractivity contribution in [2.45, 2.75) is 38.6 Å². The minimum atomic E-state index is -0.550. The number of nitrogens with one attached hydrogen (secondary N) is 1. The Hall–Kier alpha value is -2.91. The zero-order chi connectivity index (χ0) is 23.4. The molecular formula is C24H29N5O3S. The second-order valence-electron chi connectivity index (χ2n) is 8.26. The molecule has 4 heterocycles. The van der Waals surface area contributed by atoms with Crippen LogP contribution in [0.25, 0.3) is 10.8 Å². The molecule has 3 aromatic rings. The van der Waals surface area contributed by atoms with Crippen LogP contribution in [-0.4, -0.2) is 46.1 Å². The number of nitrogens with two attached hydrogens (primary N) is 1. The van der Waals surface area contributed by atoms with Crippen molar-refractivity contribution in [3.63, 3.8) is 0 Å². The molecule has 0 aromatic carbocycles. The first kappa shape index (κ1) is 23.3. The van der Waals surface area contributed by atoms with Crippen molar-refractivity contribution in [1.82, 2.24) is 15.0 Å². The molecule has 4 rings (SSSR count). The van der Waals surface area contributed by atoms with Gasteiger partial charge in [0.2, 0.25) is 5.88 Å². The van der Waals surface area contributed by atoms with E-state index in [4.69, 9.17) is 15.2 Å². The van der Waals surface area contributed by atoms with Gasteiger partial charge >= 0.3 is 5.97 Å². The Morgan fingerprint density at radius 2 is 2.09 bits per heavy atom. The van der Waals surface area contributed by atoms with E-state index in [1.165, 1.54) is 0 Å². The molecule has 0 fully saturated rings. The summed E-state index contributed by atoms with van der Waals surface area (Å²) in [5.74, 6) is 2.51. The van der Waals surface area contributed by atoms with Crippen LogP contribution < -0.4 is 15.8 Å². The third-order valence-corrected chi connectivity index (χ3v) is 6.54. The molecule has 0 saturated carbocycles. The van der Waals surface area contributed by atoms with Crippen molar-refractivity contribution in [2.75, 3.05) is 30.5 Å². The third kappa shape index (κ3) is 5.04. The molecule has 0 saturated heterocycles. The Balaban J connectivity index is 1.68. The van der Waals surface area contributed by atoms with Gasteiger partial charge in [0.1, 0.15) is 11.6 Å². The number of ether oxygens (including phenoxy) is 2. The highest BCUT2D eigenvalue weighted by Crippen LogP contribution is 2.34. The number of pyridine rings is 3. The molecule has 1 aliphatic rings. The van der Waals surface area contributed by atoms with Gasteiger partial charge in [-0.25, -0.2) is 19.7 Å². The zero-order valence-electron chi connectivity index (χ0n) is 19.2. The van der Waals surface area contributed by atoms with E-state index in [0.717, 1.165) is 40.6 Å². The Labute approximate surface area is 197 Å². The zero-order valence-corrected chi connectivity index (χ0v) is 20.0. The van der Waals surface area contributed by atoms with Crippen molar-refractivity contribution in [2.24, 2.45) is 5.73 Å². The number of thioether (sulfide) groups is 1. The minimum Gasteiger partial charge on any atom is -0.477 e. The van der Waals surface area contributed by atoms with Crippen molar-refractivity contribution in [3.8, 4) is 5.88 Å². The number of esters is 1. The number of fused-ring (bicyclic) bond motifs is 2. The van der Waals surface area contributed by atoms with Gasteiger partial charge in [0.05, 0.1) is 29.9 Å². The summed E-state index contributed by atoms with van der Waals surface area (Å²) in [5.41, 5.74) is 8.22. The van der Waals surface area contributed by atoms with E-state index in [1.54, 1.807) is 30.1 Å². The number of cyclic esters (lactones) is 1. The lowest BCUT2D eigenvalue weighted by molar-refractivity contribution is 0.0477. The van der Waals surface area contributed by atoms with E-state index < -0.39 is 5.54 Å². The molecule has 9 heteroatoms. The van der Waals surface area contributed by atoms with Crippen LogP contribution in [0.4, 0.5) is 11.6 Å². The van der Waals surface area contributed by atoms with E-state index >= 15 is 0 Å². The highest BCUT2D eigenvalue weighted by Gasteiger charge is 2.24. The summed E-state index contributed by atoms with van der Waals surface area (Å²) in [6.07, 6.45) is 7.95. The van der Waals surface area contributed by atoms with Crippen LogP contribution in [0.3, 0.4) is 0 Å². The maximum Gasteiger partial charge on any atom is 0.340 e. The van der Waals surface area contributed by atoms with E-state index in [1.807, 2.05) is 19.2 Å². The van der Waals surface area contributed by atoms with Crippen LogP contribution in [0, 0.1) is 0 Å². The molecule has 8 nitrogen and oxygen atoms in total. The lowest BCUT2D eigenvalue weighted by Gasteiger charge is -2.25. The summed E-state index contributed by atoms with van der Waals surface area (Å²) in [6, 6.07) is 5.44. The Morgan fingerprint density at radius 3 is 2.88 bits per heavy atom. The molecule has 0 spiro atoms. The normalized spacial score (nSPS) is 15.0. The number of anilines is 2. The van der Waals surface area contributed by atoms with Gasteiger partial charge in [-0.2, -0.15) is 11.8 Å². The standard InChI is InChI=1S/C24H29N5O3S/c1-4-24(2,25)18-14-27-22(31-9-5-11-33-3)17-13-26-21(12-16(17)18)29-20-7-6-15-19(28-20)8-10-32-23(15)30/h6-7,12-14H,4-5,8-11,25H2,1-3H3,(H,26,28,29)/t24-/m1/s1. The summed E-state index contributed by atoms with van der Waals surface area (Å²) in [5, 5.41) is 5.03. The van der Waals surface area contributed by atoms with Crippen molar-refractivity contribution >= 4 is 40.1 Å². The smallest absolute Gasteiger partial charge is 0.340 e. The summed E-state index contributed by atoms with van der Waals surface area (Å²) < 4.78 is 11.0. The molecule has 0 bridgehead atoms. The summed E-state index contributed by atoms with van der Waals surface area (Å²) in [4.78, 5) is 25.6. The van der Waals surface area contributed by atoms with Crippen LogP contribution in [0.2, 0.25) is 0 Å². The van der Waals surface area contributed by atoms with Crippen LogP contribution in [0.15, 0.2) is 30.6 Å². The van der Waals surface area contributed by atoms with E-state index in [0.29, 0.717) is 42.7 Å². The topological polar surface area (TPSA) is 112 Å². The van der Waals surface area contributed by atoms with Gasteiger partial charge in [-0.3, -0.25) is 0 Å². The molecular weight excluding hydrogens is 438 g/mol. The van der Waals surface area contributed by atoms with E-state index in [9.17, 15) is 4.79 Å². The number of hydrogen-bond donors (Lipinski definition) is 2. The third-order valence-electron chi connectivity index (χ3n) is 5.84. The van der Waals surface area contributed by atoms with Gasteiger partial charge in [0, 0.05) is 24.4 Å². The summed E-state index contributed by atoms with van der Waals surface area (Å²) in [7, 11) is 0. The maximum atomic E-state index is 11.9. The molecule has 0 radical (unpaired) electrons. The van der Waals surface area contributed by atoms with Gasteiger partial charge in [-0.1, -0.05) is 6.92 Å². The average molecular weight is 468 g/mol. The summed E-state index contributed by atoms with van der Waals surface area (Å²) in [6.45, 7) is 5.00. The second-order valence-corrected chi connectivity index (χ2v) is 9.25. The molecule has 1 aliphatic heterocycles. The van der Waals surface area contributed by atoms with Gasteiger partial charge in [0.15, 0.2) is 0 Å².